The normalized spacial score (nSPS) is 17.2. The van der Waals surface area contributed by atoms with Gasteiger partial charge in [0.1, 0.15) is 22.7 Å². The van der Waals surface area contributed by atoms with Crippen LogP contribution in [0, 0.1) is 5.92 Å². The molecule has 0 bridgehead atoms. The Morgan fingerprint density at radius 1 is 1.37 bits per heavy atom. The van der Waals surface area contributed by atoms with Crippen molar-refractivity contribution < 1.29 is 14.3 Å². The number of hydrogen-bond donors (Lipinski definition) is 3. The summed E-state index contributed by atoms with van der Waals surface area (Å²) in [5.41, 5.74) is 6.15. The molecule has 1 aliphatic heterocycles. The number of esters is 1. The Morgan fingerprint density at radius 3 is 3.10 bits per heavy atom. The lowest BCUT2D eigenvalue weighted by molar-refractivity contribution is -0.148. The minimum Gasteiger partial charge on any atom is -0.494 e. The molecule has 0 saturated heterocycles. The zero-order valence-electron chi connectivity index (χ0n) is 16.6. The molecule has 156 valence electrons. The fourth-order valence-electron chi connectivity index (χ4n) is 3.94. The zero-order valence-corrected chi connectivity index (χ0v) is 18.2. The van der Waals surface area contributed by atoms with Gasteiger partial charge in [-0.05, 0) is 49.8 Å². The number of aryl methyl sites for hydroxylation is 1. The lowest BCUT2D eigenvalue weighted by Crippen LogP contribution is -2.23. The lowest BCUT2D eigenvalue weighted by Gasteiger charge is -2.21. The van der Waals surface area contributed by atoms with Gasteiger partial charge in [0.2, 0.25) is 0 Å². The van der Waals surface area contributed by atoms with Crippen LogP contribution in [0.15, 0.2) is 23.4 Å². The summed E-state index contributed by atoms with van der Waals surface area (Å²) in [5, 5.41) is 4.49. The van der Waals surface area contributed by atoms with E-state index in [1.807, 2.05) is 19.1 Å². The minimum absolute atomic E-state index is 0.0799. The number of anilines is 3. The molecule has 10 heteroatoms. The van der Waals surface area contributed by atoms with E-state index in [4.69, 9.17) is 9.47 Å². The molecule has 30 heavy (non-hydrogen) atoms. The number of hydrogen-bond acceptors (Lipinski definition) is 10. The van der Waals surface area contributed by atoms with Crippen molar-refractivity contribution in [2.45, 2.75) is 31.1 Å². The van der Waals surface area contributed by atoms with E-state index in [0.29, 0.717) is 13.0 Å². The first-order chi connectivity index (χ1) is 14.7. The summed E-state index contributed by atoms with van der Waals surface area (Å²) < 4.78 is 10.8. The predicted molar refractivity (Wildman–Crippen MR) is 118 cm³/mol. The summed E-state index contributed by atoms with van der Waals surface area (Å²) in [7, 11) is 1.65. The number of carbonyl (C=O) groups is 1. The Morgan fingerprint density at radius 2 is 2.27 bits per heavy atom. The smallest absolute Gasteiger partial charge is 0.309 e. The van der Waals surface area contributed by atoms with Crippen molar-refractivity contribution in [2.75, 3.05) is 24.5 Å². The van der Waals surface area contributed by atoms with Crippen molar-refractivity contribution in [1.82, 2.24) is 14.8 Å². The van der Waals surface area contributed by atoms with Crippen molar-refractivity contribution >= 4 is 56.7 Å². The SMILES string of the molecule is CCOC(=O)[C@H]1CCc2c(sc3ncnc(Nc4cc5c(cc4OC)NNS5)c23)C1. The van der Waals surface area contributed by atoms with Crippen molar-refractivity contribution in [3.63, 3.8) is 0 Å². The lowest BCUT2D eigenvalue weighted by atomic mass is 9.88. The molecule has 2 aliphatic rings. The summed E-state index contributed by atoms with van der Waals surface area (Å²) in [5.74, 6) is 1.30. The van der Waals surface area contributed by atoms with Crippen molar-refractivity contribution in [3.05, 3.63) is 28.9 Å². The molecule has 3 aromatic rings. The van der Waals surface area contributed by atoms with Gasteiger partial charge in [-0.2, -0.15) is 4.83 Å². The molecule has 0 spiro atoms. The molecule has 3 heterocycles. The largest absolute Gasteiger partial charge is 0.494 e. The number of carbonyl (C=O) groups excluding carboxylic acids is 1. The minimum atomic E-state index is -0.104. The average Bonchev–Trinajstić information content (AvgIpc) is 3.36. The molecular formula is C20H21N5O3S2. The highest BCUT2D eigenvalue weighted by atomic mass is 32.2. The molecule has 0 radical (unpaired) electrons. The third-order valence-corrected chi connectivity index (χ3v) is 7.29. The second-order valence-corrected chi connectivity index (χ2v) is 9.03. The maximum absolute atomic E-state index is 12.2. The van der Waals surface area contributed by atoms with Crippen LogP contribution in [-0.2, 0) is 22.4 Å². The Bertz CT molecular complexity index is 1130. The number of fused-ring (bicyclic) bond motifs is 4. The van der Waals surface area contributed by atoms with E-state index in [0.717, 1.165) is 50.9 Å². The molecule has 1 aromatic carbocycles. The Labute approximate surface area is 181 Å². The van der Waals surface area contributed by atoms with Crippen LogP contribution < -0.4 is 20.3 Å². The second-order valence-electron chi connectivity index (χ2n) is 7.10. The van der Waals surface area contributed by atoms with Gasteiger partial charge in [0.05, 0.1) is 41.3 Å². The van der Waals surface area contributed by atoms with Gasteiger partial charge in [0.25, 0.3) is 0 Å². The van der Waals surface area contributed by atoms with Crippen LogP contribution in [0.3, 0.4) is 0 Å². The van der Waals surface area contributed by atoms with Crippen molar-refractivity contribution in [1.29, 1.82) is 0 Å². The Balaban J connectivity index is 1.51. The number of nitrogens with zero attached hydrogens (tertiary/aromatic N) is 2. The first-order valence-corrected chi connectivity index (χ1v) is 11.4. The fraction of sp³-hybridized carbons (Fsp3) is 0.350. The van der Waals surface area contributed by atoms with E-state index < -0.39 is 0 Å². The Kier molecular flexibility index (Phi) is 5.13. The molecule has 3 N–H and O–H groups in total. The van der Waals surface area contributed by atoms with Crippen LogP contribution in [0.4, 0.5) is 17.2 Å². The summed E-state index contributed by atoms with van der Waals surface area (Å²) in [6.07, 6.45) is 3.87. The first-order valence-electron chi connectivity index (χ1n) is 9.76. The highest BCUT2D eigenvalue weighted by molar-refractivity contribution is 7.98. The van der Waals surface area contributed by atoms with Gasteiger partial charge in [-0.15, -0.1) is 11.3 Å². The van der Waals surface area contributed by atoms with E-state index in [2.05, 4.69) is 25.5 Å². The maximum atomic E-state index is 12.2. The van der Waals surface area contributed by atoms with Crippen LogP contribution in [0.25, 0.3) is 10.2 Å². The number of hydrazine groups is 1. The quantitative estimate of drug-likeness (QED) is 0.398. The van der Waals surface area contributed by atoms with Gasteiger partial charge in [0, 0.05) is 10.9 Å². The van der Waals surface area contributed by atoms with Crippen molar-refractivity contribution in [3.8, 4) is 5.75 Å². The zero-order chi connectivity index (χ0) is 20.7. The van der Waals surface area contributed by atoms with Crippen molar-refractivity contribution in [2.24, 2.45) is 5.92 Å². The number of rotatable bonds is 5. The molecule has 5 rings (SSSR count). The summed E-state index contributed by atoms with van der Waals surface area (Å²) in [6.45, 7) is 2.26. The molecule has 2 aromatic heterocycles. The van der Waals surface area contributed by atoms with Crippen LogP contribution in [-0.4, -0.2) is 29.7 Å². The van der Waals surface area contributed by atoms with Crippen LogP contribution in [0.2, 0.25) is 0 Å². The maximum Gasteiger partial charge on any atom is 0.309 e. The highest BCUT2D eigenvalue weighted by Gasteiger charge is 2.30. The Hall–Kier alpha value is -2.56. The van der Waals surface area contributed by atoms with E-state index in [1.165, 1.54) is 22.4 Å². The summed E-state index contributed by atoms with van der Waals surface area (Å²) >= 11 is 3.16. The van der Waals surface area contributed by atoms with Crippen LogP contribution in [0.1, 0.15) is 23.8 Å². The molecule has 0 saturated carbocycles. The van der Waals surface area contributed by atoms with Gasteiger partial charge in [-0.3, -0.25) is 4.79 Å². The monoisotopic (exact) mass is 443 g/mol. The van der Waals surface area contributed by atoms with E-state index in [1.54, 1.807) is 24.8 Å². The van der Waals surface area contributed by atoms with Crippen LogP contribution in [0.5, 0.6) is 5.75 Å². The number of thiophene rings is 1. The molecule has 8 nitrogen and oxygen atoms in total. The summed E-state index contributed by atoms with van der Waals surface area (Å²) in [6, 6.07) is 3.99. The number of methoxy groups -OCH3 is 1. The van der Waals surface area contributed by atoms with E-state index in [9.17, 15) is 4.79 Å². The standard InChI is InChI=1S/C20H21N5O3S2/c1-3-28-20(26)10-4-5-11-15(6-10)29-19-17(11)18(21-9-22-19)23-12-8-16-13(24-25-30-16)7-14(12)27-2/h7-10,24-25H,3-6H2,1-2H3,(H,21,22,23)/t10-/m0/s1. The first kappa shape index (κ1) is 19.4. The molecule has 1 aliphatic carbocycles. The third kappa shape index (κ3) is 3.34. The molecule has 0 amide bonds. The van der Waals surface area contributed by atoms with Gasteiger partial charge in [-0.1, -0.05) is 0 Å². The van der Waals surface area contributed by atoms with Gasteiger partial charge < -0.3 is 20.2 Å². The number of benzene rings is 1. The van der Waals surface area contributed by atoms with Crippen LogP contribution >= 0.6 is 23.3 Å². The molecule has 1 atom stereocenters. The van der Waals surface area contributed by atoms with E-state index >= 15 is 0 Å². The molecule has 0 fully saturated rings. The number of aromatic nitrogens is 2. The predicted octanol–water partition coefficient (Wildman–Crippen LogP) is 4.05. The van der Waals surface area contributed by atoms with Gasteiger partial charge in [0.15, 0.2) is 0 Å². The van der Waals surface area contributed by atoms with E-state index in [-0.39, 0.29) is 11.9 Å². The van der Waals surface area contributed by atoms with Gasteiger partial charge >= 0.3 is 5.97 Å². The number of ether oxygens (including phenoxy) is 2. The summed E-state index contributed by atoms with van der Waals surface area (Å²) in [4.78, 5) is 27.5. The molecule has 0 unspecified atom stereocenters. The average molecular weight is 444 g/mol. The fourth-order valence-corrected chi connectivity index (χ4v) is 5.87. The van der Waals surface area contributed by atoms with Gasteiger partial charge in [-0.25, -0.2) is 9.97 Å². The number of nitrogens with one attached hydrogen (secondary N) is 3. The highest BCUT2D eigenvalue weighted by Crippen LogP contribution is 2.43. The molecular weight excluding hydrogens is 422 g/mol. The second kappa shape index (κ2) is 7.93. The topological polar surface area (TPSA) is 97.4 Å². The third-order valence-electron chi connectivity index (χ3n) is 5.37.